The van der Waals surface area contributed by atoms with Crippen LogP contribution in [-0.4, -0.2) is 39.4 Å². The van der Waals surface area contributed by atoms with Crippen LogP contribution in [0.25, 0.3) is 0 Å². The van der Waals surface area contributed by atoms with Crippen LogP contribution >= 0.6 is 0 Å². The van der Waals surface area contributed by atoms with E-state index in [1.165, 1.54) is 0 Å². The van der Waals surface area contributed by atoms with Crippen molar-refractivity contribution in [1.29, 1.82) is 0 Å². The maximum absolute atomic E-state index is 10.6. The van der Waals surface area contributed by atoms with Crippen LogP contribution in [0.4, 0.5) is 0 Å². The standard InChI is InChI=1S/C6H10O4/c7-3-1-2-4(8)6(10)5(3)9/h3,5-7,9-10H,1-2H2/t3-,5+,6+/m1/s1. The monoisotopic (exact) mass is 146 g/mol. The summed E-state index contributed by atoms with van der Waals surface area (Å²) in [5.41, 5.74) is 0. The molecule has 0 heterocycles. The molecule has 1 rings (SSSR count). The largest absolute Gasteiger partial charge is 0.390 e. The zero-order valence-corrected chi connectivity index (χ0v) is 5.40. The van der Waals surface area contributed by atoms with Crippen LogP contribution in [0, 0.1) is 0 Å². The molecule has 0 amide bonds. The van der Waals surface area contributed by atoms with Gasteiger partial charge in [0.2, 0.25) is 0 Å². The second kappa shape index (κ2) is 2.65. The first-order valence-electron chi connectivity index (χ1n) is 3.20. The number of ketones is 1. The fourth-order valence-corrected chi connectivity index (χ4v) is 1.01. The molecule has 1 saturated carbocycles. The van der Waals surface area contributed by atoms with Gasteiger partial charge in [0.15, 0.2) is 5.78 Å². The first-order chi connectivity index (χ1) is 4.63. The van der Waals surface area contributed by atoms with Crippen molar-refractivity contribution >= 4 is 5.78 Å². The molecular weight excluding hydrogens is 136 g/mol. The summed E-state index contributed by atoms with van der Waals surface area (Å²) in [6.07, 6.45) is -3.23. The zero-order chi connectivity index (χ0) is 7.72. The quantitative estimate of drug-likeness (QED) is 0.386. The third-order valence-electron chi connectivity index (χ3n) is 1.73. The van der Waals surface area contributed by atoms with E-state index >= 15 is 0 Å². The number of aliphatic hydroxyl groups is 3. The number of rotatable bonds is 0. The molecule has 0 aromatic heterocycles. The van der Waals surface area contributed by atoms with E-state index in [2.05, 4.69) is 0 Å². The van der Waals surface area contributed by atoms with Crippen molar-refractivity contribution in [3.8, 4) is 0 Å². The second-order valence-electron chi connectivity index (χ2n) is 2.51. The van der Waals surface area contributed by atoms with E-state index in [-0.39, 0.29) is 12.8 Å². The maximum Gasteiger partial charge on any atom is 0.164 e. The van der Waals surface area contributed by atoms with E-state index < -0.39 is 24.1 Å². The van der Waals surface area contributed by atoms with Gasteiger partial charge in [0.05, 0.1) is 6.10 Å². The Bertz CT molecular complexity index is 145. The molecule has 1 aliphatic carbocycles. The molecule has 1 fully saturated rings. The van der Waals surface area contributed by atoms with Crippen molar-refractivity contribution in [2.45, 2.75) is 31.2 Å². The molecule has 0 bridgehead atoms. The average molecular weight is 146 g/mol. The molecule has 0 unspecified atom stereocenters. The number of carbonyl (C=O) groups excluding carboxylic acids is 1. The van der Waals surface area contributed by atoms with Gasteiger partial charge in [-0.3, -0.25) is 4.79 Å². The van der Waals surface area contributed by atoms with Gasteiger partial charge >= 0.3 is 0 Å². The summed E-state index contributed by atoms with van der Waals surface area (Å²) >= 11 is 0. The van der Waals surface area contributed by atoms with Crippen LogP contribution in [0.1, 0.15) is 12.8 Å². The Hall–Kier alpha value is -0.450. The lowest BCUT2D eigenvalue weighted by atomic mass is 9.91. The Labute approximate surface area is 58.1 Å². The molecular formula is C6H10O4. The van der Waals surface area contributed by atoms with Crippen LogP contribution in [0.5, 0.6) is 0 Å². The van der Waals surface area contributed by atoms with E-state index in [1.54, 1.807) is 0 Å². The minimum Gasteiger partial charge on any atom is -0.390 e. The highest BCUT2D eigenvalue weighted by Crippen LogP contribution is 2.15. The molecule has 10 heavy (non-hydrogen) atoms. The Morgan fingerprint density at radius 1 is 1.30 bits per heavy atom. The minimum atomic E-state index is -1.39. The fourth-order valence-electron chi connectivity index (χ4n) is 1.01. The number of Topliss-reactive ketones (excluding diaryl/α,β-unsaturated/α-hetero) is 1. The number of aliphatic hydroxyl groups excluding tert-OH is 3. The Morgan fingerprint density at radius 3 is 2.40 bits per heavy atom. The molecule has 0 aliphatic heterocycles. The predicted octanol–water partition coefficient (Wildman–Crippen LogP) is -1.57. The number of hydrogen-bond donors (Lipinski definition) is 3. The van der Waals surface area contributed by atoms with Gasteiger partial charge in [-0.2, -0.15) is 0 Å². The van der Waals surface area contributed by atoms with Crippen molar-refractivity contribution in [2.24, 2.45) is 0 Å². The molecule has 0 saturated heterocycles. The molecule has 0 aromatic carbocycles. The predicted molar refractivity (Wildman–Crippen MR) is 32.3 cm³/mol. The summed E-state index contributed by atoms with van der Waals surface area (Å²) in [5.74, 6) is -0.391. The first kappa shape index (κ1) is 7.65. The lowest BCUT2D eigenvalue weighted by Crippen LogP contribution is -2.46. The van der Waals surface area contributed by atoms with Crippen LogP contribution in [-0.2, 0) is 4.79 Å². The van der Waals surface area contributed by atoms with Crippen molar-refractivity contribution in [1.82, 2.24) is 0 Å². The van der Waals surface area contributed by atoms with Gasteiger partial charge in [-0.1, -0.05) is 0 Å². The summed E-state index contributed by atoms with van der Waals surface area (Å²) in [7, 11) is 0. The minimum absolute atomic E-state index is 0.152. The topological polar surface area (TPSA) is 77.8 Å². The van der Waals surface area contributed by atoms with Crippen LogP contribution in [0.2, 0.25) is 0 Å². The van der Waals surface area contributed by atoms with Crippen LogP contribution in [0.15, 0.2) is 0 Å². The highest BCUT2D eigenvalue weighted by Gasteiger charge is 2.34. The summed E-state index contributed by atoms with van der Waals surface area (Å²) in [6, 6.07) is 0. The normalized spacial score (nSPS) is 41.9. The molecule has 3 N–H and O–H groups in total. The van der Waals surface area contributed by atoms with Gasteiger partial charge < -0.3 is 15.3 Å². The van der Waals surface area contributed by atoms with Crippen molar-refractivity contribution in [3.63, 3.8) is 0 Å². The number of carbonyl (C=O) groups is 1. The third kappa shape index (κ3) is 1.18. The smallest absolute Gasteiger partial charge is 0.164 e. The van der Waals surface area contributed by atoms with Gasteiger partial charge in [0.1, 0.15) is 12.2 Å². The van der Waals surface area contributed by atoms with E-state index in [9.17, 15) is 4.79 Å². The number of hydrogen-bond acceptors (Lipinski definition) is 4. The lowest BCUT2D eigenvalue weighted by Gasteiger charge is -2.26. The highest BCUT2D eigenvalue weighted by atomic mass is 16.4. The first-order valence-corrected chi connectivity index (χ1v) is 3.20. The fraction of sp³-hybridized carbons (Fsp3) is 0.833. The van der Waals surface area contributed by atoms with Gasteiger partial charge in [0, 0.05) is 6.42 Å². The van der Waals surface area contributed by atoms with Crippen molar-refractivity contribution in [3.05, 3.63) is 0 Å². The lowest BCUT2D eigenvalue weighted by molar-refractivity contribution is -0.146. The molecule has 1 aliphatic rings. The highest BCUT2D eigenvalue weighted by molar-refractivity contribution is 5.84. The maximum atomic E-state index is 10.6. The molecule has 58 valence electrons. The molecule has 0 aromatic rings. The summed E-state index contributed by atoms with van der Waals surface area (Å²) in [5, 5.41) is 26.7. The molecule has 4 heteroatoms. The summed E-state index contributed by atoms with van der Waals surface area (Å²) < 4.78 is 0. The molecule has 3 atom stereocenters. The molecule has 4 nitrogen and oxygen atoms in total. The summed E-state index contributed by atoms with van der Waals surface area (Å²) in [6.45, 7) is 0. The zero-order valence-electron chi connectivity index (χ0n) is 5.40. The SMILES string of the molecule is O=C1CC[C@@H](O)[C@H](O)[C@H]1O. The van der Waals surface area contributed by atoms with Crippen LogP contribution < -0.4 is 0 Å². The molecule has 0 radical (unpaired) electrons. The average Bonchev–Trinajstić information content (AvgIpc) is 1.93. The van der Waals surface area contributed by atoms with E-state index in [0.29, 0.717) is 0 Å². The van der Waals surface area contributed by atoms with Crippen molar-refractivity contribution in [2.75, 3.05) is 0 Å². The molecule has 0 spiro atoms. The van der Waals surface area contributed by atoms with Gasteiger partial charge in [-0.25, -0.2) is 0 Å². The van der Waals surface area contributed by atoms with E-state index in [1.807, 2.05) is 0 Å². The third-order valence-corrected chi connectivity index (χ3v) is 1.73. The Kier molecular flexibility index (Phi) is 2.03. The summed E-state index contributed by atoms with van der Waals surface area (Å²) in [4.78, 5) is 10.6. The second-order valence-corrected chi connectivity index (χ2v) is 2.51. The van der Waals surface area contributed by atoms with E-state index in [4.69, 9.17) is 15.3 Å². The van der Waals surface area contributed by atoms with Gasteiger partial charge in [0.25, 0.3) is 0 Å². The van der Waals surface area contributed by atoms with E-state index in [0.717, 1.165) is 0 Å². The Morgan fingerprint density at radius 2 is 1.90 bits per heavy atom. The van der Waals surface area contributed by atoms with Gasteiger partial charge in [-0.15, -0.1) is 0 Å². The van der Waals surface area contributed by atoms with Crippen LogP contribution in [0.3, 0.4) is 0 Å². The van der Waals surface area contributed by atoms with Crippen molar-refractivity contribution < 1.29 is 20.1 Å². The van der Waals surface area contributed by atoms with Gasteiger partial charge in [-0.05, 0) is 6.42 Å². The Balaban J connectivity index is 2.60.